The molecule has 2 heterocycles. The molecule has 1 aliphatic carbocycles. The van der Waals surface area contributed by atoms with E-state index in [4.69, 9.17) is 20.4 Å². The van der Waals surface area contributed by atoms with Gasteiger partial charge >= 0.3 is 0 Å². The van der Waals surface area contributed by atoms with E-state index in [1.54, 1.807) is 6.07 Å². The number of benzene rings is 4. The molecule has 3 nitrogen and oxygen atoms in total. The molecule has 0 fully saturated rings. The molecule has 0 spiro atoms. The van der Waals surface area contributed by atoms with Gasteiger partial charge in [-0.3, -0.25) is 4.79 Å². The Labute approximate surface area is 207 Å². The second kappa shape index (κ2) is 6.84. The van der Waals surface area contributed by atoms with Gasteiger partial charge in [0.25, 0.3) is 0 Å². The van der Waals surface area contributed by atoms with Crippen molar-refractivity contribution in [3.63, 3.8) is 0 Å². The van der Waals surface area contributed by atoms with Crippen molar-refractivity contribution in [3.05, 3.63) is 86.4 Å². The van der Waals surface area contributed by atoms with Crippen LogP contribution in [0.1, 0.15) is 34.0 Å². The van der Waals surface area contributed by atoms with E-state index in [1.807, 2.05) is 49.4 Å². The van der Waals surface area contributed by atoms with E-state index < -0.39 is 0 Å². The van der Waals surface area contributed by atoms with Crippen molar-refractivity contribution >= 4 is 83.3 Å². The minimum absolute atomic E-state index is 0.0621. The van der Waals surface area contributed by atoms with Crippen molar-refractivity contribution in [3.8, 4) is 11.1 Å². The van der Waals surface area contributed by atoms with Gasteiger partial charge in [-0.05, 0) is 71.2 Å². The lowest BCUT2D eigenvalue weighted by Crippen LogP contribution is -1.95. The van der Waals surface area contributed by atoms with Crippen LogP contribution in [0.2, 0.25) is 5.02 Å². The number of ketones is 1. The van der Waals surface area contributed by atoms with Crippen LogP contribution in [0.5, 0.6) is 0 Å². The van der Waals surface area contributed by atoms with Gasteiger partial charge in [0.15, 0.2) is 5.78 Å². The first-order valence-electron chi connectivity index (χ1n) is 11.0. The summed E-state index contributed by atoms with van der Waals surface area (Å²) in [6, 6.07) is 15.7. The van der Waals surface area contributed by atoms with Gasteiger partial charge in [0.1, 0.15) is 22.3 Å². The number of fused-ring (bicyclic) bond motifs is 11. The highest BCUT2D eigenvalue weighted by atomic mass is 79.9. The summed E-state index contributed by atoms with van der Waals surface area (Å²) < 4.78 is 13.4. The van der Waals surface area contributed by atoms with Gasteiger partial charge in [0.05, 0.1) is 9.50 Å². The zero-order valence-electron chi connectivity index (χ0n) is 18.3. The van der Waals surface area contributed by atoms with Gasteiger partial charge < -0.3 is 8.83 Å². The Bertz CT molecular complexity index is 1920. The van der Waals surface area contributed by atoms with Crippen molar-refractivity contribution in [1.29, 1.82) is 0 Å². The molecule has 0 saturated carbocycles. The predicted molar refractivity (Wildman–Crippen MR) is 142 cm³/mol. The van der Waals surface area contributed by atoms with E-state index in [0.29, 0.717) is 27.3 Å². The van der Waals surface area contributed by atoms with Crippen LogP contribution >= 0.6 is 27.5 Å². The van der Waals surface area contributed by atoms with Crippen LogP contribution in [0.25, 0.3) is 61.1 Å². The van der Waals surface area contributed by atoms with Crippen molar-refractivity contribution in [1.82, 2.24) is 0 Å². The molecule has 7 rings (SSSR count). The highest BCUT2D eigenvalue weighted by Gasteiger charge is 2.35. The van der Waals surface area contributed by atoms with Crippen molar-refractivity contribution in [2.24, 2.45) is 0 Å². The van der Waals surface area contributed by atoms with E-state index in [-0.39, 0.29) is 5.78 Å². The zero-order valence-corrected chi connectivity index (χ0v) is 20.6. The standard InChI is InChI=1S/C29H16BrClO3/c1-3-6-14-10-16-22(9-13(14)2)34-29-23(16)20(31)12-18-26(29)24-17(27(18)32)11-19(30)28-25(24)15-7-4-5-8-21(15)33-28/h3-12H,1-2H3/b6-3-. The van der Waals surface area contributed by atoms with Gasteiger partial charge in [-0.1, -0.05) is 42.0 Å². The number of para-hydroxylation sites is 1. The van der Waals surface area contributed by atoms with Gasteiger partial charge in [-0.2, -0.15) is 0 Å². The van der Waals surface area contributed by atoms with Crippen molar-refractivity contribution in [2.75, 3.05) is 0 Å². The number of allylic oxidation sites excluding steroid dienone is 1. The SMILES string of the molecule is C/C=C\c1cc2c(cc1C)oc1c3c(cc(Cl)c12)C(=O)c1cc(Br)c2oc4ccccc4c2c1-3. The molecule has 6 aromatic rings. The Hall–Kier alpha value is -3.34. The summed E-state index contributed by atoms with van der Waals surface area (Å²) in [6.45, 7) is 4.06. The number of carbonyl (C=O) groups excluding carboxylic acids is 1. The molecule has 5 heteroatoms. The number of furan rings is 2. The fourth-order valence-corrected chi connectivity index (χ4v) is 6.10. The van der Waals surface area contributed by atoms with Crippen LogP contribution in [0.4, 0.5) is 0 Å². The highest BCUT2D eigenvalue weighted by molar-refractivity contribution is 9.10. The number of aryl methyl sites for hydroxylation is 1. The summed E-state index contributed by atoms with van der Waals surface area (Å²) in [5, 5.41) is 4.14. The second-order valence-corrected chi connectivity index (χ2v) is 9.97. The van der Waals surface area contributed by atoms with Gasteiger partial charge in [-0.25, -0.2) is 0 Å². The van der Waals surface area contributed by atoms with Gasteiger partial charge in [0, 0.05) is 43.8 Å². The molecule has 2 aromatic heterocycles. The molecule has 0 saturated heterocycles. The molecule has 1 aliphatic rings. The number of hydrogen-bond acceptors (Lipinski definition) is 3. The first-order valence-corrected chi connectivity index (χ1v) is 12.2. The summed E-state index contributed by atoms with van der Waals surface area (Å²) in [6.07, 6.45) is 4.09. The normalized spacial score (nSPS) is 13.2. The van der Waals surface area contributed by atoms with Crippen LogP contribution in [0.15, 0.2) is 67.9 Å². The Morgan fingerprint density at radius 3 is 2.47 bits per heavy atom. The molecule has 164 valence electrons. The first kappa shape index (κ1) is 20.1. The lowest BCUT2D eigenvalue weighted by atomic mass is 9.97. The maximum atomic E-state index is 13.6. The van der Waals surface area contributed by atoms with Gasteiger partial charge in [-0.15, -0.1) is 0 Å². The zero-order chi connectivity index (χ0) is 23.3. The molecular formula is C29H16BrClO3. The Morgan fingerprint density at radius 2 is 1.65 bits per heavy atom. The summed E-state index contributed by atoms with van der Waals surface area (Å²) in [4.78, 5) is 13.6. The largest absolute Gasteiger partial charge is 0.455 e. The third-order valence-electron chi connectivity index (χ3n) is 6.77. The quantitative estimate of drug-likeness (QED) is 0.213. The van der Waals surface area contributed by atoms with Crippen LogP contribution in [0.3, 0.4) is 0 Å². The van der Waals surface area contributed by atoms with E-state index in [1.165, 1.54) is 0 Å². The third-order valence-corrected chi connectivity index (χ3v) is 7.66. The lowest BCUT2D eigenvalue weighted by Gasteiger charge is -2.05. The fourth-order valence-electron chi connectivity index (χ4n) is 5.30. The molecule has 4 aromatic carbocycles. The summed E-state index contributed by atoms with van der Waals surface area (Å²) in [7, 11) is 0. The summed E-state index contributed by atoms with van der Waals surface area (Å²) in [5.41, 5.74) is 7.90. The molecule has 0 radical (unpaired) electrons. The molecular weight excluding hydrogens is 512 g/mol. The summed E-state index contributed by atoms with van der Waals surface area (Å²) in [5.74, 6) is -0.0621. The Balaban J connectivity index is 1.70. The van der Waals surface area contributed by atoms with Crippen molar-refractivity contribution < 1.29 is 13.6 Å². The van der Waals surface area contributed by atoms with Crippen LogP contribution in [0, 0.1) is 6.92 Å². The first-order chi connectivity index (χ1) is 16.5. The van der Waals surface area contributed by atoms with E-state index in [9.17, 15) is 4.79 Å². The fraction of sp³-hybridized carbons (Fsp3) is 0.0690. The lowest BCUT2D eigenvalue weighted by molar-refractivity contribution is 0.104. The van der Waals surface area contributed by atoms with Crippen LogP contribution in [-0.2, 0) is 0 Å². The second-order valence-electron chi connectivity index (χ2n) is 8.70. The Kier molecular flexibility index (Phi) is 4.04. The van der Waals surface area contributed by atoms with Gasteiger partial charge in [0.2, 0.25) is 0 Å². The molecule has 0 N–H and O–H groups in total. The molecule has 34 heavy (non-hydrogen) atoms. The molecule has 0 amide bonds. The smallest absolute Gasteiger partial charge is 0.194 e. The Morgan fingerprint density at radius 1 is 0.882 bits per heavy atom. The van der Waals surface area contributed by atoms with E-state index in [2.05, 4.69) is 35.0 Å². The van der Waals surface area contributed by atoms with Crippen LogP contribution < -0.4 is 0 Å². The van der Waals surface area contributed by atoms with Crippen LogP contribution in [-0.4, -0.2) is 5.78 Å². The third kappa shape index (κ3) is 2.45. The van der Waals surface area contributed by atoms with E-state index >= 15 is 0 Å². The average molecular weight is 528 g/mol. The van der Waals surface area contributed by atoms with Crippen molar-refractivity contribution in [2.45, 2.75) is 13.8 Å². The molecule has 0 bridgehead atoms. The average Bonchev–Trinajstić information content (AvgIpc) is 3.46. The maximum absolute atomic E-state index is 13.6. The highest BCUT2D eigenvalue weighted by Crippen LogP contribution is 2.52. The number of hydrogen-bond donors (Lipinski definition) is 0. The minimum Gasteiger partial charge on any atom is -0.455 e. The minimum atomic E-state index is -0.0621. The number of carbonyl (C=O) groups is 1. The number of halogens is 2. The summed E-state index contributed by atoms with van der Waals surface area (Å²) >= 11 is 10.4. The monoisotopic (exact) mass is 526 g/mol. The molecule has 0 unspecified atom stereocenters. The molecule has 0 aliphatic heterocycles. The predicted octanol–water partition coefficient (Wildman–Crippen LogP) is 9.45. The topological polar surface area (TPSA) is 43.4 Å². The molecule has 0 atom stereocenters. The van der Waals surface area contributed by atoms with E-state index in [0.717, 1.165) is 59.4 Å². The number of rotatable bonds is 1. The maximum Gasteiger partial charge on any atom is 0.194 e.